The van der Waals surface area contributed by atoms with Crippen molar-refractivity contribution in [3.63, 3.8) is 0 Å². The summed E-state index contributed by atoms with van der Waals surface area (Å²) in [5, 5.41) is 2.50. The Morgan fingerprint density at radius 2 is 1.83 bits per heavy atom. The number of hydrogen-bond donors (Lipinski definition) is 1. The zero-order chi connectivity index (χ0) is 17.7. The summed E-state index contributed by atoms with van der Waals surface area (Å²) in [6.45, 7) is 0.820. The first-order valence-electron chi connectivity index (χ1n) is 6.90. The zero-order valence-electron chi connectivity index (χ0n) is 12.6. The third-order valence-corrected chi connectivity index (χ3v) is 3.75. The first-order chi connectivity index (χ1) is 11.4. The molecule has 0 spiro atoms. The number of carbonyl (C=O) groups excluding carboxylic acids is 3. The lowest BCUT2D eigenvalue weighted by atomic mass is 10.1. The minimum absolute atomic E-state index is 0.0214. The van der Waals surface area contributed by atoms with Gasteiger partial charge in [-0.2, -0.15) is 0 Å². The Labute approximate surface area is 145 Å². The van der Waals surface area contributed by atoms with Crippen LogP contribution in [0.3, 0.4) is 0 Å². The summed E-state index contributed by atoms with van der Waals surface area (Å²) in [4.78, 5) is 35.3. The number of benzene rings is 2. The fourth-order valence-electron chi connectivity index (χ4n) is 1.95. The van der Waals surface area contributed by atoms with E-state index in [2.05, 4.69) is 21.2 Å². The molecule has 0 aliphatic heterocycles. The highest BCUT2D eigenvalue weighted by molar-refractivity contribution is 9.10. The molecule has 0 saturated carbocycles. The SMILES string of the molecule is CC(=O)c1ccccc1NC(=O)COC(=O)c1cc(F)ccc1Br. The van der Waals surface area contributed by atoms with Crippen molar-refractivity contribution in [2.75, 3.05) is 11.9 Å². The van der Waals surface area contributed by atoms with Gasteiger partial charge in [0.25, 0.3) is 5.91 Å². The van der Waals surface area contributed by atoms with E-state index in [-0.39, 0.29) is 11.3 Å². The number of halogens is 2. The number of carbonyl (C=O) groups is 3. The van der Waals surface area contributed by atoms with E-state index in [4.69, 9.17) is 4.74 Å². The van der Waals surface area contributed by atoms with E-state index >= 15 is 0 Å². The number of ketones is 1. The Hall–Kier alpha value is -2.54. The summed E-state index contributed by atoms with van der Waals surface area (Å²) in [5.41, 5.74) is 0.662. The summed E-state index contributed by atoms with van der Waals surface area (Å²) in [6.07, 6.45) is 0. The number of anilines is 1. The van der Waals surface area contributed by atoms with Gasteiger partial charge in [-0.3, -0.25) is 9.59 Å². The summed E-state index contributed by atoms with van der Waals surface area (Å²) >= 11 is 3.11. The quantitative estimate of drug-likeness (QED) is 0.622. The van der Waals surface area contributed by atoms with E-state index in [1.54, 1.807) is 24.3 Å². The highest BCUT2D eigenvalue weighted by Crippen LogP contribution is 2.19. The maximum atomic E-state index is 13.2. The van der Waals surface area contributed by atoms with E-state index in [0.29, 0.717) is 15.7 Å². The molecule has 7 heteroatoms. The van der Waals surface area contributed by atoms with E-state index in [1.807, 2.05) is 0 Å². The molecule has 0 heterocycles. The van der Waals surface area contributed by atoms with Crippen molar-refractivity contribution >= 4 is 39.3 Å². The van der Waals surface area contributed by atoms with E-state index < -0.39 is 24.3 Å². The van der Waals surface area contributed by atoms with E-state index in [9.17, 15) is 18.8 Å². The van der Waals surface area contributed by atoms with Gasteiger partial charge in [-0.15, -0.1) is 0 Å². The van der Waals surface area contributed by atoms with Crippen LogP contribution in [0.1, 0.15) is 27.6 Å². The maximum Gasteiger partial charge on any atom is 0.339 e. The van der Waals surface area contributed by atoms with Gasteiger partial charge in [0.05, 0.1) is 11.3 Å². The highest BCUT2D eigenvalue weighted by Gasteiger charge is 2.15. The van der Waals surface area contributed by atoms with Crippen molar-refractivity contribution in [3.8, 4) is 0 Å². The van der Waals surface area contributed by atoms with Gasteiger partial charge in [0.15, 0.2) is 12.4 Å². The molecule has 0 unspecified atom stereocenters. The Balaban J connectivity index is 2.00. The van der Waals surface area contributed by atoms with Gasteiger partial charge in [0.1, 0.15) is 5.82 Å². The molecule has 0 fully saturated rings. The number of esters is 1. The average molecular weight is 394 g/mol. The maximum absolute atomic E-state index is 13.2. The molecule has 24 heavy (non-hydrogen) atoms. The van der Waals surface area contributed by atoms with Crippen LogP contribution in [0.5, 0.6) is 0 Å². The van der Waals surface area contributed by atoms with Crippen LogP contribution in [0, 0.1) is 5.82 Å². The molecule has 0 saturated heterocycles. The third kappa shape index (κ3) is 4.48. The standard InChI is InChI=1S/C17H13BrFNO4/c1-10(21)12-4-2-3-5-15(12)20-16(22)9-24-17(23)13-8-11(19)6-7-14(13)18/h2-8H,9H2,1H3,(H,20,22). The summed E-state index contributed by atoms with van der Waals surface area (Å²) in [5.74, 6) is -2.24. The number of Topliss-reactive ketones (excluding diaryl/α,β-unsaturated/α-hetero) is 1. The van der Waals surface area contributed by atoms with Gasteiger partial charge in [-0.25, -0.2) is 9.18 Å². The van der Waals surface area contributed by atoms with E-state index in [1.165, 1.54) is 19.1 Å². The second kappa shape index (κ2) is 7.83. The van der Waals surface area contributed by atoms with Crippen molar-refractivity contribution in [1.82, 2.24) is 0 Å². The van der Waals surface area contributed by atoms with Crippen LogP contribution in [0.25, 0.3) is 0 Å². The molecule has 1 amide bonds. The zero-order valence-corrected chi connectivity index (χ0v) is 14.2. The van der Waals surface area contributed by atoms with Gasteiger partial charge in [0.2, 0.25) is 0 Å². The second-order valence-corrected chi connectivity index (χ2v) is 5.70. The van der Waals surface area contributed by atoms with Crippen molar-refractivity contribution < 1.29 is 23.5 Å². The molecular weight excluding hydrogens is 381 g/mol. The molecular formula is C17H13BrFNO4. The summed E-state index contributed by atoms with van der Waals surface area (Å²) < 4.78 is 18.4. The summed E-state index contributed by atoms with van der Waals surface area (Å²) in [7, 11) is 0. The molecule has 124 valence electrons. The minimum atomic E-state index is -0.837. The second-order valence-electron chi connectivity index (χ2n) is 4.85. The normalized spacial score (nSPS) is 10.1. The predicted molar refractivity (Wildman–Crippen MR) is 89.5 cm³/mol. The lowest BCUT2D eigenvalue weighted by Gasteiger charge is -2.10. The lowest BCUT2D eigenvalue weighted by molar-refractivity contribution is -0.119. The molecule has 0 atom stereocenters. The van der Waals surface area contributed by atoms with Crippen LogP contribution < -0.4 is 5.32 Å². The lowest BCUT2D eigenvalue weighted by Crippen LogP contribution is -2.22. The number of nitrogens with one attached hydrogen (secondary N) is 1. The molecule has 0 aromatic heterocycles. The molecule has 0 aliphatic rings. The molecule has 0 bridgehead atoms. The van der Waals surface area contributed by atoms with Crippen LogP contribution in [-0.4, -0.2) is 24.3 Å². The van der Waals surface area contributed by atoms with Crippen molar-refractivity contribution in [1.29, 1.82) is 0 Å². The smallest absolute Gasteiger partial charge is 0.339 e. The number of ether oxygens (including phenoxy) is 1. The largest absolute Gasteiger partial charge is 0.452 e. The molecule has 5 nitrogen and oxygen atoms in total. The first-order valence-corrected chi connectivity index (χ1v) is 7.70. The monoisotopic (exact) mass is 393 g/mol. The average Bonchev–Trinajstić information content (AvgIpc) is 2.55. The molecule has 2 rings (SSSR count). The minimum Gasteiger partial charge on any atom is -0.452 e. The van der Waals surface area contributed by atoms with Gasteiger partial charge in [-0.1, -0.05) is 12.1 Å². The first kappa shape index (κ1) is 17.8. The fourth-order valence-corrected chi connectivity index (χ4v) is 2.36. The summed E-state index contributed by atoms with van der Waals surface area (Å²) in [6, 6.07) is 10.1. The Morgan fingerprint density at radius 3 is 2.54 bits per heavy atom. The Kier molecular flexibility index (Phi) is 5.81. The predicted octanol–water partition coefficient (Wildman–Crippen LogP) is 3.59. The topological polar surface area (TPSA) is 72.5 Å². The Bertz CT molecular complexity index is 807. The number of rotatable bonds is 5. The highest BCUT2D eigenvalue weighted by atomic mass is 79.9. The van der Waals surface area contributed by atoms with Crippen LogP contribution in [0.15, 0.2) is 46.9 Å². The molecule has 1 N–H and O–H groups in total. The van der Waals surface area contributed by atoms with Gasteiger partial charge >= 0.3 is 5.97 Å². The van der Waals surface area contributed by atoms with Crippen molar-refractivity contribution in [3.05, 3.63) is 63.9 Å². The fraction of sp³-hybridized carbons (Fsp3) is 0.118. The Morgan fingerprint density at radius 1 is 1.12 bits per heavy atom. The number of hydrogen-bond acceptors (Lipinski definition) is 4. The van der Waals surface area contributed by atoms with Gasteiger partial charge < -0.3 is 10.1 Å². The van der Waals surface area contributed by atoms with Crippen molar-refractivity contribution in [2.45, 2.75) is 6.92 Å². The third-order valence-electron chi connectivity index (χ3n) is 3.06. The van der Waals surface area contributed by atoms with Crippen LogP contribution in [0.2, 0.25) is 0 Å². The van der Waals surface area contributed by atoms with Crippen LogP contribution in [-0.2, 0) is 9.53 Å². The van der Waals surface area contributed by atoms with Crippen LogP contribution in [0.4, 0.5) is 10.1 Å². The van der Waals surface area contributed by atoms with Gasteiger partial charge in [0, 0.05) is 10.0 Å². The molecule has 0 aliphatic carbocycles. The number of para-hydroxylation sites is 1. The molecule has 0 radical (unpaired) electrons. The van der Waals surface area contributed by atoms with Crippen molar-refractivity contribution in [2.24, 2.45) is 0 Å². The van der Waals surface area contributed by atoms with Gasteiger partial charge in [-0.05, 0) is 53.2 Å². The van der Waals surface area contributed by atoms with E-state index in [0.717, 1.165) is 6.07 Å². The molecule has 2 aromatic carbocycles. The number of amides is 1. The molecule has 2 aromatic rings. The van der Waals surface area contributed by atoms with Crippen LogP contribution >= 0.6 is 15.9 Å².